The number of benzene rings is 1. The van der Waals surface area contributed by atoms with Crippen LogP contribution in [0.2, 0.25) is 10.0 Å². The molecule has 0 fully saturated rings. The van der Waals surface area contributed by atoms with Crippen LogP contribution in [-0.4, -0.2) is 20.1 Å². The van der Waals surface area contributed by atoms with Gasteiger partial charge < -0.3 is 0 Å². The van der Waals surface area contributed by atoms with E-state index < -0.39 is 10.4 Å². The molecule has 1 heterocycles. The van der Waals surface area contributed by atoms with Crippen LogP contribution in [0.5, 0.6) is 0 Å². The van der Waals surface area contributed by atoms with Crippen LogP contribution < -0.4 is 4.57 Å². The monoisotopic (exact) mass is 324 g/mol. The highest BCUT2D eigenvalue weighted by Crippen LogP contribution is 2.22. The number of halogens is 2. The third-order valence-electron chi connectivity index (χ3n) is 2.25. The second-order valence-electron chi connectivity index (χ2n) is 3.53. The molecule has 0 saturated heterocycles. The number of hydrogen-bond donors (Lipinski definition) is 1. The third kappa shape index (κ3) is 4.93. The molecular formula is C11H12Cl2NO4S+. The maximum Gasteiger partial charge on any atom is 0.397 e. The first-order chi connectivity index (χ1) is 8.74. The van der Waals surface area contributed by atoms with Gasteiger partial charge in [-0.1, -0.05) is 23.2 Å². The molecule has 19 heavy (non-hydrogen) atoms. The maximum atomic E-state index is 9.33. The molecule has 0 amide bonds. The first kappa shape index (κ1) is 16.1. The van der Waals surface area contributed by atoms with Crippen molar-refractivity contribution in [1.29, 1.82) is 0 Å². The molecule has 0 aliphatic rings. The molecule has 0 aliphatic carbocycles. The van der Waals surface area contributed by atoms with Gasteiger partial charge >= 0.3 is 10.4 Å². The number of nitrogens with zero attached hydrogens (tertiary/aromatic N) is 1. The van der Waals surface area contributed by atoms with Gasteiger partial charge in [0.2, 0.25) is 5.52 Å². The molecule has 8 heteroatoms. The van der Waals surface area contributed by atoms with Crippen LogP contribution >= 0.6 is 23.2 Å². The summed E-state index contributed by atoms with van der Waals surface area (Å²) in [5.74, 6) is 0. The zero-order valence-electron chi connectivity index (χ0n) is 10.2. The molecule has 0 atom stereocenters. The van der Waals surface area contributed by atoms with Crippen molar-refractivity contribution in [2.75, 3.05) is 7.11 Å². The van der Waals surface area contributed by atoms with E-state index in [4.69, 9.17) is 27.8 Å². The zero-order valence-corrected chi connectivity index (χ0v) is 12.5. The molecule has 0 bridgehead atoms. The zero-order chi connectivity index (χ0) is 14.6. The van der Waals surface area contributed by atoms with E-state index in [1.54, 1.807) is 0 Å². The number of rotatable bonds is 1. The fraction of sp³-hybridized carbons (Fsp3) is 0.182. The van der Waals surface area contributed by atoms with Crippen LogP contribution in [0.3, 0.4) is 0 Å². The van der Waals surface area contributed by atoms with Gasteiger partial charge in [0.1, 0.15) is 7.05 Å². The number of fused-ring (bicyclic) bond motifs is 1. The van der Waals surface area contributed by atoms with Gasteiger partial charge in [0, 0.05) is 17.2 Å². The minimum atomic E-state index is -4.16. The van der Waals surface area contributed by atoms with Gasteiger partial charge in [-0.05, 0) is 12.1 Å². The third-order valence-corrected chi connectivity index (χ3v) is 3.24. The Morgan fingerprint density at radius 2 is 1.84 bits per heavy atom. The molecule has 104 valence electrons. The van der Waals surface area contributed by atoms with Crippen molar-refractivity contribution < 1.29 is 21.7 Å². The van der Waals surface area contributed by atoms with Crippen LogP contribution in [0, 0.1) is 0 Å². The molecule has 1 aromatic carbocycles. The first-order valence-electron chi connectivity index (χ1n) is 5.01. The van der Waals surface area contributed by atoms with Gasteiger partial charge in [-0.2, -0.15) is 8.42 Å². The highest BCUT2D eigenvalue weighted by Gasteiger charge is 2.07. The van der Waals surface area contributed by atoms with E-state index in [1.807, 2.05) is 42.1 Å². The summed E-state index contributed by atoms with van der Waals surface area (Å²) in [4.78, 5) is 0. The number of aromatic nitrogens is 1. The maximum absolute atomic E-state index is 9.33. The molecule has 2 rings (SSSR count). The van der Waals surface area contributed by atoms with Crippen LogP contribution in [0.15, 0.2) is 30.5 Å². The Morgan fingerprint density at radius 3 is 2.37 bits per heavy atom. The summed E-state index contributed by atoms with van der Waals surface area (Å²) in [6.45, 7) is 0. The lowest BCUT2D eigenvalue weighted by atomic mass is 10.2. The number of aryl methyl sites for hydroxylation is 1. The molecule has 5 nitrogen and oxygen atoms in total. The summed E-state index contributed by atoms with van der Waals surface area (Å²) in [7, 11) is -1.32. The van der Waals surface area contributed by atoms with Crippen molar-refractivity contribution in [1.82, 2.24) is 0 Å². The van der Waals surface area contributed by atoms with E-state index >= 15 is 0 Å². The smallest absolute Gasteiger partial charge is 0.264 e. The Morgan fingerprint density at radius 1 is 1.26 bits per heavy atom. The lowest BCUT2D eigenvalue weighted by Crippen LogP contribution is -2.27. The largest absolute Gasteiger partial charge is 0.397 e. The van der Waals surface area contributed by atoms with Gasteiger partial charge in [-0.3, -0.25) is 8.74 Å². The van der Waals surface area contributed by atoms with Crippen molar-refractivity contribution >= 4 is 44.5 Å². The van der Waals surface area contributed by atoms with Crippen molar-refractivity contribution in [3.8, 4) is 0 Å². The number of hydrogen-bond acceptors (Lipinski definition) is 3. The van der Waals surface area contributed by atoms with E-state index in [0.717, 1.165) is 28.1 Å². The quantitative estimate of drug-likeness (QED) is 0.646. The first-order valence-corrected chi connectivity index (χ1v) is 7.13. The summed E-state index contributed by atoms with van der Waals surface area (Å²) in [5, 5.41) is 2.51. The predicted molar refractivity (Wildman–Crippen MR) is 73.7 cm³/mol. The molecule has 1 aromatic heterocycles. The molecule has 1 N–H and O–H groups in total. The Hall–Kier alpha value is -0.920. The standard InChI is InChI=1S/C10H8Cl2N.CH4O4S/c1-13-5-4-9(12)8-3-2-7(11)6-10(8)13;1-5-6(2,3)4/h2-6H,1H3;1H3,(H,2,3,4)/q+1;. The van der Waals surface area contributed by atoms with E-state index in [1.165, 1.54) is 0 Å². The highest BCUT2D eigenvalue weighted by atomic mass is 35.5. The molecule has 0 aliphatic heterocycles. The average molecular weight is 325 g/mol. The van der Waals surface area contributed by atoms with Crippen molar-refractivity contribution in [2.45, 2.75) is 0 Å². The Labute approximate surface area is 121 Å². The van der Waals surface area contributed by atoms with E-state index in [2.05, 4.69) is 4.18 Å². The average Bonchev–Trinajstić information content (AvgIpc) is 2.34. The van der Waals surface area contributed by atoms with Crippen molar-refractivity contribution in [2.24, 2.45) is 7.05 Å². The SMILES string of the molecule is COS(=O)(=O)O.C[n+]1ccc(Cl)c2ccc(Cl)cc21. The molecular weight excluding hydrogens is 313 g/mol. The Kier molecular flexibility index (Phi) is 5.51. The molecule has 0 radical (unpaired) electrons. The Balaban J connectivity index is 0.000000258. The van der Waals surface area contributed by atoms with Crippen LogP contribution in [0.4, 0.5) is 0 Å². The van der Waals surface area contributed by atoms with Crippen LogP contribution in [0.1, 0.15) is 0 Å². The van der Waals surface area contributed by atoms with Crippen LogP contribution in [-0.2, 0) is 21.6 Å². The molecule has 0 saturated carbocycles. The van der Waals surface area contributed by atoms with E-state index in [-0.39, 0.29) is 0 Å². The summed E-state index contributed by atoms with van der Waals surface area (Å²) in [6.07, 6.45) is 1.92. The molecule has 0 spiro atoms. The van der Waals surface area contributed by atoms with Gasteiger partial charge in [-0.25, -0.2) is 4.57 Å². The minimum absolute atomic E-state index is 0.727. The fourth-order valence-electron chi connectivity index (χ4n) is 1.35. The van der Waals surface area contributed by atoms with Gasteiger partial charge in [0.15, 0.2) is 6.20 Å². The second-order valence-corrected chi connectivity index (χ2v) is 5.56. The highest BCUT2D eigenvalue weighted by molar-refractivity contribution is 7.80. The Bertz CT molecular complexity index is 688. The second kappa shape index (κ2) is 6.49. The van der Waals surface area contributed by atoms with Crippen LogP contribution in [0.25, 0.3) is 10.9 Å². The normalized spacial score (nSPS) is 11.0. The minimum Gasteiger partial charge on any atom is -0.264 e. The summed E-state index contributed by atoms with van der Waals surface area (Å²) < 4.78 is 31.7. The lowest BCUT2D eigenvalue weighted by Gasteiger charge is -1.98. The van der Waals surface area contributed by atoms with E-state index in [9.17, 15) is 8.42 Å². The number of pyridine rings is 1. The topological polar surface area (TPSA) is 67.5 Å². The van der Waals surface area contributed by atoms with E-state index in [0.29, 0.717) is 0 Å². The van der Waals surface area contributed by atoms with Gasteiger partial charge in [-0.15, -0.1) is 0 Å². The predicted octanol–water partition coefficient (Wildman–Crippen LogP) is 2.41. The summed E-state index contributed by atoms with van der Waals surface area (Å²) >= 11 is 11.9. The summed E-state index contributed by atoms with van der Waals surface area (Å²) in [6, 6.07) is 7.55. The van der Waals surface area contributed by atoms with Crippen molar-refractivity contribution in [3.05, 3.63) is 40.5 Å². The molecule has 2 aromatic rings. The fourth-order valence-corrected chi connectivity index (χ4v) is 1.73. The van der Waals surface area contributed by atoms with Crippen molar-refractivity contribution in [3.63, 3.8) is 0 Å². The van der Waals surface area contributed by atoms with Gasteiger partial charge in [0.25, 0.3) is 0 Å². The van der Waals surface area contributed by atoms with Gasteiger partial charge in [0.05, 0.1) is 17.5 Å². The molecule has 0 unspecified atom stereocenters. The lowest BCUT2D eigenvalue weighted by molar-refractivity contribution is -0.644. The summed E-state index contributed by atoms with van der Waals surface area (Å²) in [5.41, 5.74) is 1.04.